The molecule has 1 aliphatic rings. The lowest BCUT2D eigenvalue weighted by Crippen LogP contribution is -2.10. The predicted molar refractivity (Wildman–Crippen MR) is 85.4 cm³/mol. The number of pyridine rings is 1. The van der Waals surface area contributed by atoms with E-state index in [4.69, 9.17) is 10.3 Å². The van der Waals surface area contributed by atoms with Gasteiger partial charge in [0.2, 0.25) is 0 Å². The molecule has 0 radical (unpaired) electrons. The fraction of sp³-hybridized carbons (Fsp3) is 0.235. The molecule has 114 valence electrons. The molecule has 3 heterocycles. The van der Waals surface area contributed by atoms with E-state index in [1.807, 2.05) is 25.3 Å². The van der Waals surface area contributed by atoms with Crippen LogP contribution >= 0.6 is 0 Å². The summed E-state index contributed by atoms with van der Waals surface area (Å²) in [5.74, 6) is 0.812. The number of hydrogen-bond acceptors (Lipinski definition) is 5. The van der Waals surface area contributed by atoms with Crippen molar-refractivity contribution < 1.29 is 4.52 Å². The van der Waals surface area contributed by atoms with Crippen molar-refractivity contribution in [2.75, 3.05) is 5.73 Å². The third-order valence-electron chi connectivity index (χ3n) is 4.32. The zero-order valence-corrected chi connectivity index (χ0v) is 12.7. The van der Waals surface area contributed by atoms with Crippen molar-refractivity contribution in [3.63, 3.8) is 0 Å². The maximum absolute atomic E-state index is 9.54. The first-order valence-corrected chi connectivity index (χ1v) is 7.58. The summed E-state index contributed by atoms with van der Waals surface area (Å²) in [4.78, 5) is 7.72. The smallest absolute Gasteiger partial charge is 0.168 e. The van der Waals surface area contributed by atoms with Crippen molar-refractivity contribution in [2.45, 2.75) is 26.2 Å². The van der Waals surface area contributed by atoms with Gasteiger partial charge in [-0.3, -0.25) is 0 Å². The highest BCUT2D eigenvalue weighted by Gasteiger charge is 2.27. The fourth-order valence-electron chi connectivity index (χ4n) is 3.17. The van der Waals surface area contributed by atoms with Crippen LogP contribution in [0.25, 0.3) is 22.6 Å². The van der Waals surface area contributed by atoms with Gasteiger partial charge in [-0.25, -0.2) is 4.98 Å². The Labute approximate surface area is 132 Å². The Morgan fingerprint density at radius 2 is 2.30 bits per heavy atom. The van der Waals surface area contributed by atoms with Gasteiger partial charge in [0.25, 0.3) is 0 Å². The minimum Gasteiger partial charge on any atom is -0.383 e. The molecular weight excluding hydrogens is 290 g/mol. The van der Waals surface area contributed by atoms with E-state index in [-0.39, 0.29) is 5.82 Å². The Morgan fingerprint density at radius 1 is 1.43 bits per heavy atom. The summed E-state index contributed by atoms with van der Waals surface area (Å²) in [7, 11) is 0. The SMILES string of the molecule is CCc1cc(-c2c(C#N)c(N)nc3c2CCc2[nH]ccc2-3)on1. The van der Waals surface area contributed by atoms with Gasteiger partial charge in [-0.15, -0.1) is 0 Å². The molecule has 6 heteroatoms. The molecule has 23 heavy (non-hydrogen) atoms. The minimum atomic E-state index is 0.227. The minimum absolute atomic E-state index is 0.227. The molecule has 0 amide bonds. The van der Waals surface area contributed by atoms with Gasteiger partial charge < -0.3 is 15.2 Å². The standard InChI is InChI=1S/C17H15N5O/c1-2-9-7-14(23-22-9)15-11-3-4-13-10(5-6-20-13)16(11)21-17(19)12(15)8-18/h5-7,20H,2-4H2,1H3,(H2,19,21). The van der Waals surface area contributed by atoms with E-state index in [0.29, 0.717) is 11.3 Å². The molecule has 4 rings (SSSR count). The van der Waals surface area contributed by atoms with Crippen LogP contribution in [-0.2, 0) is 19.3 Å². The second kappa shape index (κ2) is 4.99. The topological polar surface area (TPSA) is 105 Å². The van der Waals surface area contributed by atoms with E-state index in [0.717, 1.165) is 53.0 Å². The lowest BCUT2D eigenvalue weighted by Gasteiger charge is -2.20. The van der Waals surface area contributed by atoms with Gasteiger partial charge in [0, 0.05) is 29.1 Å². The molecule has 1 aliphatic carbocycles. The lowest BCUT2D eigenvalue weighted by atomic mass is 9.87. The average Bonchev–Trinajstić information content (AvgIpc) is 3.22. The summed E-state index contributed by atoms with van der Waals surface area (Å²) >= 11 is 0. The van der Waals surface area contributed by atoms with Crippen LogP contribution in [0.3, 0.4) is 0 Å². The summed E-state index contributed by atoms with van der Waals surface area (Å²) in [6.45, 7) is 2.01. The highest BCUT2D eigenvalue weighted by atomic mass is 16.5. The first-order valence-electron chi connectivity index (χ1n) is 7.58. The van der Waals surface area contributed by atoms with Gasteiger partial charge in [-0.1, -0.05) is 12.1 Å². The van der Waals surface area contributed by atoms with Crippen molar-refractivity contribution in [2.24, 2.45) is 0 Å². The molecule has 0 saturated carbocycles. The van der Waals surface area contributed by atoms with Crippen LogP contribution in [0.4, 0.5) is 5.82 Å². The number of nitrogens with one attached hydrogen (secondary N) is 1. The second-order valence-electron chi connectivity index (χ2n) is 5.59. The third-order valence-corrected chi connectivity index (χ3v) is 4.32. The van der Waals surface area contributed by atoms with Gasteiger partial charge >= 0.3 is 0 Å². The normalized spacial score (nSPS) is 12.5. The van der Waals surface area contributed by atoms with Gasteiger partial charge in [0.15, 0.2) is 5.76 Å². The summed E-state index contributed by atoms with van der Waals surface area (Å²) in [5.41, 5.74) is 12.0. The van der Waals surface area contributed by atoms with Crippen molar-refractivity contribution in [3.05, 3.63) is 40.8 Å². The Balaban J connectivity index is 2.03. The van der Waals surface area contributed by atoms with Gasteiger partial charge in [0.1, 0.15) is 17.5 Å². The van der Waals surface area contributed by atoms with Gasteiger partial charge in [-0.2, -0.15) is 5.26 Å². The number of fused-ring (bicyclic) bond motifs is 3. The molecule has 6 nitrogen and oxygen atoms in total. The van der Waals surface area contributed by atoms with Crippen molar-refractivity contribution >= 4 is 5.82 Å². The molecule has 0 unspecified atom stereocenters. The number of aromatic amines is 1. The molecule has 0 spiro atoms. The van der Waals surface area contributed by atoms with E-state index < -0.39 is 0 Å². The molecule has 3 aromatic heterocycles. The first-order chi connectivity index (χ1) is 11.2. The zero-order chi connectivity index (χ0) is 16.0. The Morgan fingerprint density at radius 3 is 3.04 bits per heavy atom. The summed E-state index contributed by atoms with van der Waals surface area (Å²) in [6, 6.07) is 6.05. The number of nitriles is 1. The molecule has 3 aromatic rings. The third kappa shape index (κ3) is 1.94. The quantitative estimate of drug-likeness (QED) is 0.757. The molecule has 0 bridgehead atoms. The van der Waals surface area contributed by atoms with Gasteiger partial charge in [0.05, 0.1) is 11.4 Å². The Kier molecular flexibility index (Phi) is 2.95. The number of rotatable bonds is 2. The van der Waals surface area contributed by atoms with Crippen molar-refractivity contribution in [1.82, 2.24) is 15.1 Å². The zero-order valence-electron chi connectivity index (χ0n) is 12.7. The van der Waals surface area contributed by atoms with E-state index in [9.17, 15) is 5.26 Å². The molecule has 3 N–H and O–H groups in total. The largest absolute Gasteiger partial charge is 0.383 e. The van der Waals surface area contributed by atoms with Crippen LogP contribution in [-0.4, -0.2) is 15.1 Å². The Hall–Kier alpha value is -3.07. The molecule has 0 fully saturated rings. The maximum Gasteiger partial charge on any atom is 0.168 e. The van der Waals surface area contributed by atoms with Crippen LogP contribution in [0.2, 0.25) is 0 Å². The number of hydrogen-bond donors (Lipinski definition) is 2. The summed E-state index contributed by atoms with van der Waals surface area (Å²) in [6.07, 6.45) is 4.32. The number of aryl methyl sites for hydroxylation is 2. The van der Waals surface area contributed by atoms with Crippen LogP contribution in [0.5, 0.6) is 0 Å². The monoisotopic (exact) mass is 305 g/mol. The molecule has 0 atom stereocenters. The number of aromatic nitrogens is 3. The number of H-pyrrole nitrogens is 1. The molecule has 0 aliphatic heterocycles. The molecule has 0 aromatic carbocycles. The average molecular weight is 305 g/mol. The highest BCUT2D eigenvalue weighted by Crippen LogP contribution is 2.40. The van der Waals surface area contributed by atoms with Crippen molar-refractivity contribution in [1.29, 1.82) is 5.26 Å². The second-order valence-corrected chi connectivity index (χ2v) is 5.59. The lowest BCUT2D eigenvalue weighted by molar-refractivity contribution is 0.424. The van der Waals surface area contributed by atoms with Crippen LogP contribution in [0.1, 0.15) is 29.4 Å². The van der Waals surface area contributed by atoms with Gasteiger partial charge in [-0.05, 0) is 30.9 Å². The van der Waals surface area contributed by atoms with E-state index >= 15 is 0 Å². The predicted octanol–water partition coefficient (Wildman–Crippen LogP) is 2.85. The fourth-order valence-corrected chi connectivity index (χ4v) is 3.17. The summed E-state index contributed by atoms with van der Waals surface area (Å²) in [5, 5.41) is 13.6. The number of nitrogens with two attached hydrogens (primary N) is 1. The number of anilines is 1. The van der Waals surface area contributed by atoms with Crippen LogP contribution in [0.15, 0.2) is 22.9 Å². The van der Waals surface area contributed by atoms with Crippen LogP contribution < -0.4 is 5.73 Å². The van der Waals surface area contributed by atoms with Crippen molar-refractivity contribution in [3.8, 4) is 28.7 Å². The maximum atomic E-state index is 9.54. The highest BCUT2D eigenvalue weighted by molar-refractivity contribution is 5.84. The Bertz CT molecular complexity index is 945. The number of nitrogen functional groups attached to an aromatic ring is 1. The number of nitrogens with zero attached hydrogens (tertiary/aromatic N) is 3. The van der Waals surface area contributed by atoms with E-state index in [1.54, 1.807) is 0 Å². The van der Waals surface area contributed by atoms with E-state index in [2.05, 4.69) is 21.2 Å². The first kappa shape index (κ1) is 13.6. The molecular formula is C17H15N5O. The molecule has 0 saturated heterocycles. The van der Waals surface area contributed by atoms with Crippen LogP contribution in [0, 0.1) is 11.3 Å². The summed E-state index contributed by atoms with van der Waals surface area (Å²) < 4.78 is 5.48. The van der Waals surface area contributed by atoms with E-state index in [1.165, 1.54) is 0 Å².